The van der Waals surface area contributed by atoms with Crippen LogP contribution >= 0.6 is 11.6 Å². The van der Waals surface area contributed by atoms with E-state index < -0.39 is 0 Å². The largest absolute Gasteiger partial charge is 0.355 e. The molecule has 0 spiro atoms. The summed E-state index contributed by atoms with van der Waals surface area (Å²) in [5, 5.41) is 15.0. The van der Waals surface area contributed by atoms with Gasteiger partial charge in [0.2, 0.25) is 17.8 Å². The molecule has 40 heavy (non-hydrogen) atoms. The summed E-state index contributed by atoms with van der Waals surface area (Å²) in [7, 11) is 0. The predicted molar refractivity (Wildman–Crippen MR) is 163 cm³/mol. The second kappa shape index (κ2) is 11.7. The third-order valence-electron chi connectivity index (χ3n) is 6.08. The molecule has 0 aliphatic heterocycles. The van der Waals surface area contributed by atoms with Gasteiger partial charge in [-0.25, -0.2) is 0 Å². The highest BCUT2D eigenvalue weighted by Gasteiger charge is 2.09. The monoisotopic (exact) mass is 544 g/mol. The number of halogens is 1. The lowest BCUT2D eigenvalue weighted by molar-refractivity contribution is 1.01. The van der Waals surface area contributed by atoms with E-state index in [1.165, 1.54) is 0 Å². The summed E-state index contributed by atoms with van der Waals surface area (Å²) in [4.78, 5) is 18.2. The first-order valence-corrected chi connectivity index (χ1v) is 13.1. The Morgan fingerprint density at radius 3 is 1.88 bits per heavy atom. The Kier molecular flexibility index (Phi) is 7.32. The standard InChI is InChI=1S/C31H25ClN8/c32-22-11-16-26-27(17-18-33-28(26)19-22)35-24-12-14-25(15-13-24)37-31-39-29(34-20-21-7-3-1-4-8-21)38-30(40-31)36-23-9-5-2-6-10-23/h1-19H,20H2,(H,33,35)(H3,34,36,37,38,39,40). The third kappa shape index (κ3) is 6.25. The Morgan fingerprint density at radius 1 is 0.575 bits per heavy atom. The van der Waals surface area contributed by atoms with Gasteiger partial charge in [-0.3, -0.25) is 4.98 Å². The topological polar surface area (TPSA) is 99.7 Å². The van der Waals surface area contributed by atoms with Crippen LogP contribution in [0.2, 0.25) is 5.02 Å². The minimum Gasteiger partial charge on any atom is -0.355 e. The number of hydrogen-bond donors (Lipinski definition) is 4. The summed E-state index contributed by atoms with van der Waals surface area (Å²) in [6.45, 7) is 0.589. The first-order chi connectivity index (χ1) is 19.7. The van der Waals surface area contributed by atoms with E-state index >= 15 is 0 Å². The molecule has 2 aromatic heterocycles. The molecule has 2 heterocycles. The van der Waals surface area contributed by atoms with Gasteiger partial charge >= 0.3 is 0 Å². The van der Waals surface area contributed by atoms with E-state index in [1.54, 1.807) is 6.20 Å². The first-order valence-electron chi connectivity index (χ1n) is 12.7. The molecule has 0 radical (unpaired) electrons. The minimum atomic E-state index is 0.418. The molecule has 0 unspecified atom stereocenters. The van der Waals surface area contributed by atoms with E-state index in [4.69, 9.17) is 11.6 Å². The fourth-order valence-corrected chi connectivity index (χ4v) is 4.31. The molecule has 8 nitrogen and oxygen atoms in total. The molecule has 6 rings (SSSR count). The van der Waals surface area contributed by atoms with E-state index in [9.17, 15) is 0 Å². The molecule has 0 fully saturated rings. The zero-order chi connectivity index (χ0) is 27.1. The second-order valence-electron chi connectivity index (χ2n) is 8.98. The van der Waals surface area contributed by atoms with E-state index in [0.717, 1.165) is 39.2 Å². The highest BCUT2D eigenvalue weighted by molar-refractivity contribution is 6.31. The maximum absolute atomic E-state index is 6.13. The summed E-state index contributed by atoms with van der Waals surface area (Å²) in [6, 6.07) is 35.4. The van der Waals surface area contributed by atoms with Crippen LogP contribution in [0.1, 0.15) is 5.56 Å². The van der Waals surface area contributed by atoms with Gasteiger partial charge in [0.25, 0.3) is 0 Å². The first kappa shape index (κ1) is 25.1. The number of rotatable bonds is 9. The van der Waals surface area contributed by atoms with Gasteiger partial charge in [0.1, 0.15) is 0 Å². The zero-order valence-corrected chi connectivity index (χ0v) is 22.1. The Balaban J connectivity index is 1.21. The van der Waals surface area contributed by atoms with Crippen LogP contribution in [0.15, 0.2) is 115 Å². The fraction of sp³-hybridized carbons (Fsp3) is 0.0323. The predicted octanol–water partition coefficient (Wildman–Crippen LogP) is 7.92. The van der Waals surface area contributed by atoms with Crippen molar-refractivity contribution in [3.05, 3.63) is 126 Å². The van der Waals surface area contributed by atoms with Crippen LogP contribution in [-0.2, 0) is 6.54 Å². The van der Waals surface area contributed by atoms with Crippen molar-refractivity contribution in [3.8, 4) is 0 Å². The Hall–Kier alpha value is -5.21. The summed E-state index contributed by atoms with van der Waals surface area (Å²) in [5.74, 6) is 1.31. The van der Waals surface area contributed by atoms with Gasteiger partial charge < -0.3 is 21.3 Å². The quantitative estimate of drug-likeness (QED) is 0.146. The Labute approximate surface area is 236 Å². The van der Waals surface area contributed by atoms with Crippen molar-refractivity contribution in [3.63, 3.8) is 0 Å². The molecule has 6 aromatic rings. The molecule has 9 heteroatoms. The molecule has 0 saturated carbocycles. The van der Waals surface area contributed by atoms with Gasteiger partial charge in [0.05, 0.1) is 5.52 Å². The summed E-state index contributed by atoms with van der Waals surface area (Å²) in [5.41, 5.74) is 5.56. The van der Waals surface area contributed by atoms with Crippen molar-refractivity contribution in [1.29, 1.82) is 0 Å². The zero-order valence-electron chi connectivity index (χ0n) is 21.3. The number of fused-ring (bicyclic) bond motifs is 1. The molecule has 196 valence electrons. The highest BCUT2D eigenvalue weighted by atomic mass is 35.5. The molecule has 4 aromatic carbocycles. The molecule has 0 aliphatic carbocycles. The van der Waals surface area contributed by atoms with Gasteiger partial charge in [0, 0.05) is 45.9 Å². The maximum atomic E-state index is 6.13. The summed E-state index contributed by atoms with van der Waals surface area (Å²) in [6.07, 6.45) is 1.77. The van der Waals surface area contributed by atoms with Gasteiger partial charge in [-0.1, -0.05) is 60.1 Å². The number of nitrogens with zero attached hydrogens (tertiary/aromatic N) is 4. The van der Waals surface area contributed by atoms with Crippen LogP contribution < -0.4 is 21.3 Å². The Bertz CT molecular complexity index is 1730. The second-order valence-corrected chi connectivity index (χ2v) is 9.42. The SMILES string of the molecule is Clc1ccc2c(Nc3ccc(Nc4nc(NCc5ccccc5)nc(Nc5ccccc5)n4)cc3)ccnc2c1. The van der Waals surface area contributed by atoms with E-state index in [-0.39, 0.29) is 0 Å². The molecule has 0 amide bonds. The molecular weight excluding hydrogens is 520 g/mol. The lowest BCUT2D eigenvalue weighted by Gasteiger charge is -2.13. The highest BCUT2D eigenvalue weighted by Crippen LogP contribution is 2.28. The average Bonchev–Trinajstić information content (AvgIpc) is 2.98. The fourth-order valence-electron chi connectivity index (χ4n) is 4.15. The summed E-state index contributed by atoms with van der Waals surface area (Å²) >= 11 is 6.13. The van der Waals surface area contributed by atoms with Crippen molar-refractivity contribution in [2.24, 2.45) is 0 Å². The van der Waals surface area contributed by atoms with Crippen molar-refractivity contribution in [1.82, 2.24) is 19.9 Å². The number of pyridine rings is 1. The molecule has 0 saturated heterocycles. The molecule has 0 atom stereocenters. The van der Waals surface area contributed by atoms with E-state index in [2.05, 4.69) is 53.3 Å². The minimum absolute atomic E-state index is 0.418. The van der Waals surface area contributed by atoms with Crippen LogP contribution in [0.4, 0.5) is 40.6 Å². The third-order valence-corrected chi connectivity index (χ3v) is 6.32. The lowest BCUT2D eigenvalue weighted by Crippen LogP contribution is -2.09. The molecule has 0 bridgehead atoms. The molecule has 4 N–H and O–H groups in total. The van der Waals surface area contributed by atoms with Crippen LogP contribution in [-0.4, -0.2) is 19.9 Å². The van der Waals surface area contributed by atoms with Gasteiger partial charge in [-0.2, -0.15) is 15.0 Å². The number of para-hydroxylation sites is 1. The number of benzene rings is 4. The van der Waals surface area contributed by atoms with Crippen molar-refractivity contribution in [2.75, 3.05) is 21.3 Å². The maximum Gasteiger partial charge on any atom is 0.233 e. The Morgan fingerprint density at radius 2 is 1.18 bits per heavy atom. The van der Waals surface area contributed by atoms with Gasteiger partial charge in [-0.15, -0.1) is 0 Å². The van der Waals surface area contributed by atoms with Gasteiger partial charge in [0.15, 0.2) is 0 Å². The van der Waals surface area contributed by atoms with Crippen LogP contribution in [0, 0.1) is 0 Å². The normalized spacial score (nSPS) is 10.7. The number of nitrogens with one attached hydrogen (secondary N) is 4. The van der Waals surface area contributed by atoms with Crippen molar-refractivity contribution < 1.29 is 0 Å². The van der Waals surface area contributed by atoms with E-state index in [1.807, 2.05) is 97.1 Å². The van der Waals surface area contributed by atoms with E-state index in [0.29, 0.717) is 29.4 Å². The number of anilines is 7. The smallest absolute Gasteiger partial charge is 0.233 e. The molecular formula is C31H25ClN8. The number of hydrogen-bond acceptors (Lipinski definition) is 8. The molecule has 0 aliphatic rings. The van der Waals surface area contributed by atoms with Crippen LogP contribution in [0.3, 0.4) is 0 Å². The average molecular weight is 545 g/mol. The van der Waals surface area contributed by atoms with Crippen LogP contribution in [0.5, 0.6) is 0 Å². The van der Waals surface area contributed by atoms with Gasteiger partial charge in [-0.05, 0) is 66.2 Å². The van der Waals surface area contributed by atoms with Crippen molar-refractivity contribution in [2.45, 2.75) is 6.54 Å². The van der Waals surface area contributed by atoms with Crippen LogP contribution in [0.25, 0.3) is 10.9 Å². The summed E-state index contributed by atoms with van der Waals surface area (Å²) < 4.78 is 0. The lowest BCUT2D eigenvalue weighted by atomic mass is 10.2. The number of aromatic nitrogens is 4. The van der Waals surface area contributed by atoms with Crippen molar-refractivity contribution >= 4 is 63.1 Å².